The molecule has 2 heterocycles. The summed E-state index contributed by atoms with van der Waals surface area (Å²) in [5.41, 5.74) is 3.18. The molecule has 3 amide bonds. The van der Waals surface area contributed by atoms with Crippen molar-refractivity contribution in [3.8, 4) is 0 Å². The highest BCUT2D eigenvalue weighted by molar-refractivity contribution is 6.22. The van der Waals surface area contributed by atoms with Gasteiger partial charge >= 0.3 is 0 Å². The van der Waals surface area contributed by atoms with Crippen molar-refractivity contribution < 1.29 is 23.5 Å². The smallest absolute Gasteiger partial charge is 0.261 e. The first-order valence-electron chi connectivity index (χ1n) is 11.1. The number of hydrogen-bond donors (Lipinski definition) is 1. The van der Waals surface area contributed by atoms with Crippen LogP contribution in [0.1, 0.15) is 48.0 Å². The van der Waals surface area contributed by atoms with E-state index in [0.717, 1.165) is 16.9 Å². The van der Waals surface area contributed by atoms with E-state index in [1.54, 1.807) is 24.5 Å². The molecule has 0 radical (unpaired) electrons. The zero-order valence-corrected chi connectivity index (χ0v) is 18.8. The molecule has 0 bridgehead atoms. The predicted octanol–water partition coefficient (Wildman–Crippen LogP) is 5.04. The van der Waals surface area contributed by atoms with Crippen molar-refractivity contribution in [3.05, 3.63) is 125 Å². The Morgan fingerprint density at radius 3 is 2.40 bits per heavy atom. The number of imide groups is 1. The fourth-order valence-corrected chi connectivity index (χ4v) is 3.95. The number of benzene rings is 3. The van der Waals surface area contributed by atoms with Crippen LogP contribution >= 0.6 is 0 Å². The highest BCUT2D eigenvalue weighted by Gasteiger charge is 2.36. The van der Waals surface area contributed by atoms with Crippen LogP contribution in [0.3, 0.4) is 0 Å². The minimum atomic E-state index is -0.404. The van der Waals surface area contributed by atoms with Crippen LogP contribution < -0.4 is 5.32 Å². The molecule has 174 valence electrons. The molecule has 1 aromatic heterocycles. The number of rotatable bonds is 8. The minimum absolute atomic E-state index is 0.184. The normalized spacial score (nSPS) is 12.6. The molecule has 1 aliphatic rings. The Morgan fingerprint density at radius 1 is 0.800 bits per heavy atom. The van der Waals surface area contributed by atoms with Gasteiger partial charge in [0.1, 0.15) is 12.4 Å². The summed E-state index contributed by atoms with van der Waals surface area (Å²) in [4.78, 5) is 39.8. The van der Waals surface area contributed by atoms with Gasteiger partial charge in [0, 0.05) is 11.3 Å². The summed E-state index contributed by atoms with van der Waals surface area (Å²) in [6.07, 6.45) is 1.60. The van der Waals surface area contributed by atoms with Crippen molar-refractivity contribution in [2.75, 3.05) is 5.32 Å². The van der Waals surface area contributed by atoms with Gasteiger partial charge in [0.05, 0.1) is 30.5 Å². The number of amides is 3. The Morgan fingerprint density at radius 2 is 1.60 bits per heavy atom. The van der Waals surface area contributed by atoms with Gasteiger partial charge in [-0.25, -0.2) is 0 Å². The van der Waals surface area contributed by atoms with E-state index in [1.165, 1.54) is 17.0 Å². The summed E-state index contributed by atoms with van der Waals surface area (Å²) >= 11 is 0. The van der Waals surface area contributed by atoms with E-state index in [-0.39, 0.29) is 23.9 Å². The van der Waals surface area contributed by atoms with Crippen LogP contribution in [0.15, 0.2) is 95.6 Å². The Balaban J connectivity index is 1.25. The number of nitrogens with zero attached hydrogens (tertiary/aromatic N) is 1. The van der Waals surface area contributed by atoms with Crippen molar-refractivity contribution in [1.82, 2.24) is 4.90 Å². The summed E-state index contributed by atoms with van der Waals surface area (Å²) in [5.74, 6) is -0.396. The van der Waals surface area contributed by atoms with Crippen LogP contribution in [-0.2, 0) is 24.5 Å². The summed E-state index contributed by atoms with van der Waals surface area (Å²) in [6, 6.07) is 24.9. The molecule has 7 heteroatoms. The summed E-state index contributed by atoms with van der Waals surface area (Å²) < 4.78 is 10.9. The fraction of sp³-hybridized carbons (Fsp3) is 0.107. The largest absolute Gasteiger partial charge is 0.467 e. The van der Waals surface area contributed by atoms with Gasteiger partial charge in [-0.05, 0) is 53.6 Å². The molecule has 1 N–H and O–H groups in total. The number of carbonyl (C=O) groups is 3. The SMILES string of the molecule is O=C(Nc1cccc(COCc2ccco2)c1)c1ccc2c(c1)C(=O)N(Cc1ccccc1)C2=O. The Bertz CT molecular complexity index is 1380. The molecular formula is C28H22N2O5. The van der Waals surface area contributed by atoms with Crippen molar-refractivity contribution in [2.45, 2.75) is 19.8 Å². The van der Waals surface area contributed by atoms with Crippen LogP contribution in [0.4, 0.5) is 5.69 Å². The molecule has 3 aromatic carbocycles. The number of anilines is 1. The Kier molecular flexibility index (Phi) is 6.24. The van der Waals surface area contributed by atoms with Gasteiger partial charge in [0.15, 0.2) is 0 Å². The average molecular weight is 466 g/mol. The van der Waals surface area contributed by atoms with Crippen LogP contribution in [-0.4, -0.2) is 22.6 Å². The molecule has 0 unspecified atom stereocenters. The topological polar surface area (TPSA) is 88.8 Å². The third-order valence-corrected chi connectivity index (χ3v) is 5.69. The second kappa shape index (κ2) is 9.79. The Hall–Kier alpha value is -4.49. The third kappa shape index (κ3) is 4.90. The number of hydrogen-bond acceptors (Lipinski definition) is 5. The molecule has 5 rings (SSSR count). The molecule has 0 fully saturated rings. The van der Waals surface area contributed by atoms with Gasteiger partial charge in [0.2, 0.25) is 0 Å². The molecule has 0 saturated heterocycles. The first kappa shape index (κ1) is 22.3. The molecule has 1 aliphatic heterocycles. The van der Waals surface area contributed by atoms with E-state index in [2.05, 4.69) is 5.32 Å². The standard InChI is InChI=1S/C28H22N2O5/c31-26(29-22-9-4-8-20(14-22)17-34-18-23-10-5-13-35-23)21-11-12-24-25(15-21)28(33)30(27(24)32)16-19-6-2-1-3-7-19/h1-15H,16-18H2,(H,29,31). The van der Waals surface area contributed by atoms with Gasteiger partial charge < -0.3 is 14.5 Å². The van der Waals surface area contributed by atoms with Crippen LogP contribution in [0.5, 0.6) is 0 Å². The molecular weight excluding hydrogens is 444 g/mol. The van der Waals surface area contributed by atoms with Crippen LogP contribution in [0.25, 0.3) is 0 Å². The van der Waals surface area contributed by atoms with Gasteiger partial charge in [-0.1, -0.05) is 42.5 Å². The third-order valence-electron chi connectivity index (χ3n) is 5.69. The number of nitrogens with one attached hydrogen (secondary N) is 1. The lowest BCUT2D eigenvalue weighted by Crippen LogP contribution is -2.29. The number of fused-ring (bicyclic) bond motifs is 1. The van der Waals surface area contributed by atoms with E-state index in [4.69, 9.17) is 9.15 Å². The van der Waals surface area contributed by atoms with Crippen LogP contribution in [0, 0.1) is 0 Å². The molecule has 4 aromatic rings. The number of ether oxygens (including phenoxy) is 1. The summed E-state index contributed by atoms with van der Waals surface area (Å²) in [7, 11) is 0. The highest BCUT2D eigenvalue weighted by atomic mass is 16.5. The number of carbonyl (C=O) groups excluding carboxylic acids is 3. The molecule has 0 spiro atoms. The van der Waals surface area contributed by atoms with E-state index in [0.29, 0.717) is 30.0 Å². The van der Waals surface area contributed by atoms with Gasteiger partial charge in [-0.2, -0.15) is 0 Å². The quantitative estimate of drug-likeness (QED) is 0.367. The van der Waals surface area contributed by atoms with Crippen LogP contribution in [0.2, 0.25) is 0 Å². The maximum atomic E-state index is 12.9. The monoisotopic (exact) mass is 466 g/mol. The zero-order chi connectivity index (χ0) is 24.2. The maximum absolute atomic E-state index is 12.9. The van der Waals surface area contributed by atoms with Crippen molar-refractivity contribution in [1.29, 1.82) is 0 Å². The second-order valence-electron chi connectivity index (χ2n) is 8.17. The Labute approximate surface area is 201 Å². The molecule has 0 aliphatic carbocycles. The van der Waals surface area contributed by atoms with Crippen molar-refractivity contribution >= 4 is 23.4 Å². The van der Waals surface area contributed by atoms with Gasteiger partial charge in [-0.3, -0.25) is 19.3 Å². The fourth-order valence-electron chi connectivity index (χ4n) is 3.95. The zero-order valence-electron chi connectivity index (χ0n) is 18.8. The molecule has 35 heavy (non-hydrogen) atoms. The van der Waals surface area contributed by atoms with Gasteiger partial charge in [-0.15, -0.1) is 0 Å². The van der Waals surface area contributed by atoms with Gasteiger partial charge in [0.25, 0.3) is 17.7 Å². The van der Waals surface area contributed by atoms with Crippen molar-refractivity contribution in [3.63, 3.8) is 0 Å². The minimum Gasteiger partial charge on any atom is -0.467 e. The summed E-state index contributed by atoms with van der Waals surface area (Å²) in [5, 5.41) is 2.85. The number of furan rings is 1. The molecule has 0 atom stereocenters. The molecule has 7 nitrogen and oxygen atoms in total. The second-order valence-corrected chi connectivity index (χ2v) is 8.17. The molecule has 0 saturated carbocycles. The van der Waals surface area contributed by atoms with E-state index in [1.807, 2.05) is 54.6 Å². The van der Waals surface area contributed by atoms with E-state index < -0.39 is 5.91 Å². The average Bonchev–Trinajstić information content (AvgIpc) is 3.48. The lowest BCUT2D eigenvalue weighted by Gasteiger charge is -2.13. The maximum Gasteiger partial charge on any atom is 0.261 e. The lowest BCUT2D eigenvalue weighted by atomic mass is 10.1. The van der Waals surface area contributed by atoms with Crippen molar-refractivity contribution in [2.24, 2.45) is 0 Å². The van der Waals surface area contributed by atoms with E-state index in [9.17, 15) is 14.4 Å². The first-order chi connectivity index (χ1) is 17.1. The summed E-state index contributed by atoms with van der Waals surface area (Å²) in [6.45, 7) is 0.896. The predicted molar refractivity (Wildman–Crippen MR) is 129 cm³/mol. The lowest BCUT2D eigenvalue weighted by molar-refractivity contribution is 0.0642. The highest BCUT2D eigenvalue weighted by Crippen LogP contribution is 2.26. The van der Waals surface area contributed by atoms with E-state index >= 15 is 0 Å². The first-order valence-corrected chi connectivity index (χ1v) is 11.1.